The number of nitrogens with one attached hydrogen (secondary N) is 1. The SMILES string of the molecule is COc1ccc(N(CC(=O)Nc2nnc(SCc3ccccc3)s2)S(C)(=O)=O)c(OC)c1. The van der Waals surface area contributed by atoms with Crippen LogP contribution < -0.4 is 19.1 Å². The number of methoxy groups -OCH3 is 2. The van der Waals surface area contributed by atoms with Crippen molar-refractivity contribution in [3.05, 3.63) is 54.1 Å². The van der Waals surface area contributed by atoms with Gasteiger partial charge in [-0.2, -0.15) is 0 Å². The normalized spacial score (nSPS) is 11.1. The van der Waals surface area contributed by atoms with Crippen LogP contribution in [0.2, 0.25) is 0 Å². The van der Waals surface area contributed by atoms with Gasteiger partial charge in [0.2, 0.25) is 21.1 Å². The molecule has 0 bridgehead atoms. The van der Waals surface area contributed by atoms with Gasteiger partial charge in [0, 0.05) is 11.8 Å². The van der Waals surface area contributed by atoms with E-state index in [1.165, 1.54) is 43.4 Å². The Balaban J connectivity index is 1.68. The van der Waals surface area contributed by atoms with E-state index in [2.05, 4.69) is 15.5 Å². The number of nitrogens with zero attached hydrogens (tertiary/aromatic N) is 3. The Hall–Kier alpha value is -2.83. The number of sulfonamides is 1. The lowest BCUT2D eigenvalue weighted by Gasteiger charge is -2.23. The van der Waals surface area contributed by atoms with Crippen LogP contribution in [0.3, 0.4) is 0 Å². The van der Waals surface area contributed by atoms with Crippen LogP contribution in [0.25, 0.3) is 0 Å². The van der Waals surface area contributed by atoms with Gasteiger partial charge in [-0.05, 0) is 17.7 Å². The Kier molecular flexibility index (Phi) is 7.94. The number of carbonyl (C=O) groups excluding carboxylic acids is 1. The quantitative estimate of drug-likeness (QED) is 0.338. The average Bonchev–Trinajstić information content (AvgIpc) is 3.22. The minimum Gasteiger partial charge on any atom is -0.497 e. The number of hydrogen-bond acceptors (Lipinski definition) is 9. The van der Waals surface area contributed by atoms with Crippen LogP contribution in [0.1, 0.15) is 5.56 Å². The van der Waals surface area contributed by atoms with E-state index in [4.69, 9.17) is 9.47 Å². The summed E-state index contributed by atoms with van der Waals surface area (Å²) in [7, 11) is -0.874. The molecule has 0 aliphatic rings. The predicted molar refractivity (Wildman–Crippen MR) is 126 cm³/mol. The van der Waals surface area contributed by atoms with Gasteiger partial charge < -0.3 is 9.47 Å². The second kappa shape index (κ2) is 10.7. The third kappa shape index (κ3) is 6.34. The van der Waals surface area contributed by atoms with E-state index in [0.29, 0.717) is 15.2 Å². The number of amides is 1. The average molecular weight is 495 g/mol. The van der Waals surface area contributed by atoms with Crippen LogP contribution in [-0.4, -0.2) is 51.5 Å². The Labute approximate surface area is 194 Å². The zero-order valence-electron chi connectivity index (χ0n) is 17.6. The largest absolute Gasteiger partial charge is 0.497 e. The van der Waals surface area contributed by atoms with Crippen molar-refractivity contribution in [2.45, 2.75) is 10.1 Å². The lowest BCUT2D eigenvalue weighted by molar-refractivity contribution is -0.114. The fourth-order valence-corrected chi connectivity index (χ4v) is 5.28. The van der Waals surface area contributed by atoms with Crippen LogP contribution in [0.4, 0.5) is 10.8 Å². The van der Waals surface area contributed by atoms with Crippen LogP contribution in [0.5, 0.6) is 11.5 Å². The zero-order chi connectivity index (χ0) is 23.1. The number of thioether (sulfide) groups is 1. The van der Waals surface area contributed by atoms with Crippen molar-refractivity contribution in [3.8, 4) is 11.5 Å². The highest BCUT2D eigenvalue weighted by atomic mass is 32.2. The molecular weight excluding hydrogens is 472 g/mol. The lowest BCUT2D eigenvalue weighted by atomic mass is 10.2. The first-order valence-corrected chi connectivity index (χ1v) is 12.9. The van der Waals surface area contributed by atoms with Gasteiger partial charge in [-0.1, -0.05) is 53.4 Å². The lowest BCUT2D eigenvalue weighted by Crippen LogP contribution is -2.37. The first-order chi connectivity index (χ1) is 15.3. The summed E-state index contributed by atoms with van der Waals surface area (Å²) in [6.45, 7) is -0.451. The van der Waals surface area contributed by atoms with Gasteiger partial charge in [0.05, 0.1) is 26.2 Å². The topological polar surface area (TPSA) is 111 Å². The van der Waals surface area contributed by atoms with Crippen molar-refractivity contribution in [2.24, 2.45) is 0 Å². The summed E-state index contributed by atoms with van der Waals surface area (Å²) >= 11 is 2.73. The fourth-order valence-electron chi connectivity index (χ4n) is 2.70. The first kappa shape index (κ1) is 23.8. The summed E-state index contributed by atoms with van der Waals surface area (Å²) in [6.07, 6.45) is 1.02. The number of hydrogen-bond donors (Lipinski definition) is 1. The molecule has 1 aromatic heterocycles. The molecule has 0 radical (unpaired) electrons. The number of aromatic nitrogens is 2. The van der Waals surface area contributed by atoms with Crippen molar-refractivity contribution in [3.63, 3.8) is 0 Å². The molecule has 0 atom stereocenters. The summed E-state index contributed by atoms with van der Waals surface area (Å²) in [5, 5.41) is 10.9. The Morgan fingerprint density at radius 2 is 1.88 bits per heavy atom. The van der Waals surface area contributed by atoms with E-state index in [-0.39, 0.29) is 11.4 Å². The van der Waals surface area contributed by atoms with Gasteiger partial charge in [0.25, 0.3) is 0 Å². The van der Waals surface area contributed by atoms with Crippen molar-refractivity contribution in [1.29, 1.82) is 0 Å². The number of benzene rings is 2. The molecular formula is C20H22N4O5S3. The third-order valence-electron chi connectivity index (χ3n) is 4.20. The maximum atomic E-state index is 12.6. The summed E-state index contributed by atoms with van der Waals surface area (Å²) in [5.74, 6) is 0.933. The molecule has 1 heterocycles. The summed E-state index contributed by atoms with van der Waals surface area (Å²) < 4.78 is 36.9. The zero-order valence-corrected chi connectivity index (χ0v) is 20.1. The Morgan fingerprint density at radius 3 is 2.53 bits per heavy atom. The van der Waals surface area contributed by atoms with E-state index < -0.39 is 22.5 Å². The highest BCUT2D eigenvalue weighted by molar-refractivity contribution is 8.00. The van der Waals surface area contributed by atoms with E-state index in [1.807, 2.05) is 30.3 Å². The molecule has 0 aliphatic carbocycles. The molecule has 12 heteroatoms. The summed E-state index contributed by atoms with van der Waals surface area (Å²) in [4.78, 5) is 12.6. The fraction of sp³-hybridized carbons (Fsp3) is 0.250. The van der Waals surface area contributed by atoms with Crippen molar-refractivity contribution < 1.29 is 22.7 Å². The van der Waals surface area contributed by atoms with Gasteiger partial charge in [-0.3, -0.25) is 14.4 Å². The van der Waals surface area contributed by atoms with Crippen LogP contribution in [-0.2, 0) is 20.6 Å². The minimum atomic E-state index is -3.78. The highest BCUT2D eigenvalue weighted by Gasteiger charge is 2.25. The molecule has 32 heavy (non-hydrogen) atoms. The van der Waals surface area contributed by atoms with Gasteiger partial charge in [-0.25, -0.2) is 8.42 Å². The number of rotatable bonds is 10. The standard InChI is InChI=1S/C20H22N4O5S3/c1-28-15-9-10-16(17(11-15)29-2)24(32(3,26)27)12-18(25)21-19-22-23-20(31-19)30-13-14-7-5-4-6-8-14/h4-11H,12-13H2,1-3H3,(H,21,22,25). The van der Waals surface area contributed by atoms with Gasteiger partial charge in [-0.15, -0.1) is 10.2 Å². The maximum Gasteiger partial charge on any atom is 0.246 e. The molecule has 9 nitrogen and oxygen atoms in total. The van der Waals surface area contributed by atoms with E-state index in [1.54, 1.807) is 12.1 Å². The maximum absolute atomic E-state index is 12.6. The van der Waals surface area contributed by atoms with Crippen molar-refractivity contribution in [2.75, 3.05) is 36.6 Å². The molecule has 2 aromatic carbocycles. The van der Waals surface area contributed by atoms with Gasteiger partial charge in [0.15, 0.2) is 4.34 Å². The van der Waals surface area contributed by atoms with Crippen molar-refractivity contribution >= 4 is 49.8 Å². The third-order valence-corrected chi connectivity index (χ3v) is 7.37. The second-order valence-electron chi connectivity index (χ2n) is 6.50. The van der Waals surface area contributed by atoms with Crippen LogP contribution >= 0.6 is 23.1 Å². The summed E-state index contributed by atoms with van der Waals surface area (Å²) in [6, 6.07) is 14.6. The number of carbonyl (C=O) groups is 1. The molecule has 0 fully saturated rings. The molecule has 1 amide bonds. The molecule has 170 valence electrons. The molecule has 0 aliphatic heterocycles. The van der Waals surface area contributed by atoms with Gasteiger partial charge in [0.1, 0.15) is 18.0 Å². The molecule has 0 saturated carbocycles. The molecule has 0 spiro atoms. The predicted octanol–water partition coefficient (Wildman–Crippen LogP) is 3.25. The molecule has 3 rings (SSSR count). The minimum absolute atomic E-state index is 0.224. The second-order valence-corrected chi connectivity index (χ2v) is 10.6. The first-order valence-electron chi connectivity index (χ1n) is 9.30. The van der Waals surface area contributed by atoms with E-state index in [9.17, 15) is 13.2 Å². The molecule has 0 saturated heterocycles. The Morgan fingerprint density at radius 1 is 1.12 bits per heavy atom. The smallest absolute Gasteiger partial charge is 0.246 e. The molecule has 3 aromatic rings. The number of anilines is 2. The number of ether oxygens (including phenoxy) is 2. The molecule has 1 N–H and O–H groups in total. The molecule has 0 unspecified atom stereocenters. The van der Waals surface area contributed by atoms with E-state index in [0.717, 1.165) is 21.9 Å². The van der Waals surface area contributed by atoms with Gasteiger partial charge >= 0.3 is 0 Å². The van der Waals surface area contributed by atoms with Crippen LogP contribution in [0, 0.1) is 0 Å². The van der Waals surface area contributed by atoms with Crippen molar-refractivity contribution in [1.82, 2.24) is 10.2 Å². The van der Waals surface area contributed by atoms with E-state index >= 15 is 0 Å². The Bertz CT molecular complexity index is 1170. The van der Waals surface area contributed by atoms with Crippen LogP contribution in [0.15, 0.2) is 52.9 Å². The summed E-state index contributed by atoms with van der Waals surface area (Å²) in [5.41, 5.74) is 1.37. The monoisotopic (exact) mass is 494 g/mol. The highest BCUT2D eigenvalue weighted by Crippen LogP contribution is 2.34.